The van der Waals surface area contributed by atoms with Gasteiger partial charge in [0.05, 0.1) is 6.61 Å². The van der Waals surface area contributed by atoms with Crippen molar-refractivity contribution in [1.82, 2.24) is 6.15 Å². The zero-order valence-electron chi connectivity index (χ0n) is 13.0. The molecule has 0 amide bonds. The Hall–Kier alpha value is -0.430. The van der Waals surface area contributed by atoms with E-state index < -0.39 is 10.4 Å². The summed E-state index contributed by atoms with van der Waals surface area (Å²) in [6.45, 7) is 2.22. The average molecular weight is 309 g/mol. The monoisotopic (exact) mass is 309 g/mol. The molecule has 0 heterocycles. The lowest BCUT2D eigenvalue weighted by atomic mass is 10.1. The van der Waals surface area contributed by atoms with Crippen LogP contribution < -0.4 is 6.15 Å². The fourth-order valence-corrected chi connectivity index (χ4v) is 2.11. The van der Waals surface area contributed by atoms with Crippen molar-refractivity contribution in [3.05, 3.63) is 12.2 Å². The molecular weight excluding hydrogens is 278 g/mol. The van der Waals surface area contributed by atoms with Crippen LogP contribution in [0.4, 0.5) is 0 Å². The smallest absolute Gasteiger partial charge is 0.217 e. The minimum atomic E-state index is -4.50. The van der Waals surface area contributed by atoms with E-state index in [1.165, 1.54) is 32.1 Å². The molecule has 0 radical (unpaired) electrons. The standard InChI is InChI=1S/C14H28O4S.H3N/c1-2-3-4-5-6-7-8-9-10-11-12-13-14-18-19(15,16)17;/h5-6H,2-4,7-14H2,1H3,(H,15,16,17);1H3/b6-5+;. The second-order valence-electron chi connectivity index (χ2n) is 4.75. The molecule has 0 aliphatic carbocycles. The van der Waals surface area contributed by atoms with Crippen molar-refractivity contribution in [2.24, 2.45) is 0 Å². The lowest BCUT2D eigenvalue weighted by Gasteiger charge is -2.06. The molecule has 0 unspecified atom stereocenters. The molecule has 0 saturated carbocycles. The quantitative estimate of drug-likeness (QED) is 0.237. The Balaban J connectivity index is 0. The average Bonchev–Trinajstić information content (AvgIpc) is 2.34. The van der Waals surface area contributed by atoms with Crippen molar-refractivity contribution in [3.8, 4) is 0 Å². The molecule has 0 spiro atoms. The Labute approximate surface area is 124 Å². The summed E-state index contributed by atoms with van der Waals surface area (Å²) in [5, 5.41) is 0. The van der Waals surface area contributed by atoms with Gasteiger partial charge >= 0.3 is 0 Å². The van der Waals surface area contributed by atoms with Crippen LogP contribution in [0.2, 0.25) is 0 Å². The maximum Gasteiger partial charge on any atom is 0.217 e. The number of quaternary nitrogens is 1. The molecule has 0 aromatic carbocycles. The van der Waals surface area contributed by atoms with Crippen molar-refractivity contribution in [2.45, 2.75) is 71.1 Å². The maximum atomic E-state index is 10.1. The summed E-state index contributed by atoms with van der Waals surface area (Å²) in [6, 6.07) is 0. The predicted molar refractivity (Wildman–Crippen MR) is 82.6 cm³/mol. The number of allylic oxidation sites excluding steroid dienone is 2. The fourth-order valence-electron chi connectivity index (χ4n) is 1.79. The summed E-state index contributed by atoms with van der Waals surface area (Å²) >= 11 is 0. The normalized spacial score (nSPS) is 11.7. The van der Waals surface area contributed by atoms with Gasteiger partial charge in [-0.1, -0.05) is 57.6 Å². The van der Waals surface area contributed by atoms with E-state index in [1.807, 2.05) is 0 Å². The van der Waals surface area contributed by atoms with Crippen molar-refractivity contribution in [3.63, 3.8) is 0 Å². The van der Waals surface area contributed by atoms with Crippen LogP contribution in [-0.4, -0.2) is 19.6 Å². The Morgan fingerprint density at radius 3 is 1.95 bits per heavy atom. The molecule has 0 aromatic rings. The van der Waals surface area contributed by atoms with Crippen molar-refractivity contribution < 1.29 is 17.2 Å². The van der Waals surface area contributed by atoms with Gasteiger partial charge in [-0.15, -0.1) is 0 Å². The molecule has 0 atom stereocenters. The molecule has 4 N–H and O–H groups in total. The highest BCUT2D eigenvalue weighted by atomic mass is 32.3. The van der Waals surface area contributed by atoms with E-state index in [0.717, 1.165) is 25.7 Å². The maximum absolute atomic E-state index is 10.1. The zero-order valence-corrected chi connectivity index (χ0v) is 13.8. The molecule has 0 bridgehead atoms. The molecule has 0 aliphatic heterocycles. The molecule has 6 heteroatoms. The van der Waals surface area contributed by atoms with Crippen LogP contribution in [0.1, 0.15) is 71.1 Å². The minimum absolute atomic E-state index is 0. The van der Waals surface area contributed by atoms with Crippen LogP contribution in [0, 0.1) is 0 Å². The molecule has 0 aromatic heterocycles. The van der Waals surface area contributed by atoms with Crippen LogP contribution >= 0.6 is 0 Å². The molecule has 122 valence electrons. The topological polar surface area (TPSA) is 103 Å². The first-order valence-electron chi connectivity index (χ1n) is 7.31. The van der Waals surface area contributed by atoms with E-state index >= 15 is 0 Å². The van der Waals surface area contributed by atoms with Gasteiger partial charge in [0.15, 0.2) is 0 Å². The third-order valence-electron chi connectivity index (χ3n) is 2.88. The summed E-state index contributed by atoms with van der Waals surface area (Å²) in [5.74, 6) is 0. The summed E-state index contributed by atoms with van der Waals surface area (Å²) in [6.07, 6.45) is 15.6. The molecule has 20 heavy (non-hydrogen) atoms. The summed E-state index contributed by atoms with van der Waals surface area (Å²) < 4.78 is 34.6. The Morgan fingerprint density at radius 2 is 1.40 bits per heavy atom. The molecular formula is C14H31NO4S. The Bertz CT molecular complexity index is 315. The largest absolute Gasteiger partial charge is 0.726 e. The van der Waals surface area contributed by atoms with E-state index in [-0.39, 0.29) is 12.8 Å². The van der Waals surface area contributed by atoms with Gasteiger partial charge in [0, 0.05) is 0 Å². The van der Waals surface area contributed by atoms with E-state index in [2.05, 4.69) is 23.3 Å². The predicted octanol–water partition coefficient (Wildman–Crippen LogP) is 4.32. The van der Waals surface area contributed by atoms with Gasteiger partial charge in [-0.2, -0.15) is 0 Å². The summed E-state index contributed by atoms with van der Waals surface area (Å²) in [4.78, 5) is 0. The first-order chi connectivity index (χ1) is 9.06. The van der Waals surface area contributed by atoms with Crippen molar-refractivity contribution in [2.75, 3.05) is 6.61 Å². The third kappa shape index (κ3) is 19.9. The molecule has 5 nitrogen and oxygen atoms in total. The minimum Gasteiger partial charge on any atom is -0.726 e. The molecule has 0 aliphatic rings. The number of unbranched alkanes of at least 4 members (excludes halogenated alkanes) is 8. The zero-order chi connectivity index (χ0) is 14.4. The second kappa shape index (κ2) is 15.0. The number of rotatable bonds is 13. The summed E-state index contributed by atoms with van der Waals surface area (Å²) in [5.41, 5.74) is 0. The Morgan fingerprint density at radius 1 is 0.900 bits per heavy atom. The van der Waals surface area contributed by atoms with Crippen molar-refractivity contribution >= 4 is 10.4 Å². The van der Waals surface area contributed by atoms with Gasteiger partial charge in [0.2, 0.25) is 10.4 Å². The van der Waals surface area contributed by atoms with E-state index in [4.69, 9.17) is 0 Å². The van der Waals surface area contributed by atoms with Crippen LogP contribution in [0.3, 0.4) is 0 Å². The van der Waals surface area contributed by atoms with E-state index in [1.54, 1.807) is 0 Å². The highest BCUT2D eigenvalue weighted by Crippen LogP contribution is 2.08. The van der Waals surface area contributed by atoms with Gasteiger partial charge < -0.3 is 10.7 Å². The van der Waals surface area contributed by atoms with E-state index in [0.29, 0.717) is 6.42 Å². The Kier molecular flexibility index (Phi) is 16.4. The lowest BCUT2D eigenvalue weighted by molar-refractivity contribution is 0.255. The SMILES string of the molecule is CCCC/C=C/CCCCCCCCOS(=O)(=O)[O-].[NH4+]. The number of hydrogen-bond donors (Lipinski definition) is 1. The molecule has 0 rings (SSSR count). The van der Waals surface area contributed by atoms with Crippen LogP contribution in [0.5, 0.6) is 0 Å². The van der Waals surface area contributed by atoms with Gasteiger partial charge in [-0.3, -0.25) is 4.18 Å². The van der Waals surface area contributed by atoms with Crippen LogP contribution in [0.15, 0.2) is 12.2 Å². The van der Waals surface area contributed by atoms with Crippen molar-refractivity contribution in [1.29, 1.82) is 0 Å². The third-order valence-corrected chi connectivity index (χ3v) is 3.34. The van der Waals surface area contributed by atoms with Gasteiger partial charge in [0.25, 0.3) is 0 Å². The molecule has 0 saturated heterocycles. The first-order valence-corrected chi connectivity index (χ1v) is 8.65. The van der Waals surface area contributed by atoms with Gasteiger partial charge in [-0.05, 0) is 25.7 Å². The second-order valence-corrected chi connectivity index (χ2v) is 5.81. The first kappa shape index (κ1) is 21.9. The number of hydrogen-bond acceptors (Lipinski definition) is 4. The van der Waals surface area contributed by atoms with Gasteiger partial charge in [-0.25, -0.2) is 8.42 Å². The summed E-state index contributed by atoms with van der Waals surface area (Å²) in [7, 11) is -4.50. The van der Waals surface area contributed by atoms with Gasteiger partial charge in [0.1, 0.15) is 0 Å². The molecule has 0 fully saturated rings. The van der Waals surface area contributed by atoms with E-state index in [9.17, 15) is 13.0 Å². The highest BCUT2D eigenvalue weighted by molar-refractivity contribution is 7.80. The fraction of sp³-hybridized carbons (Fsp3) is 0.857. The lowest BCUT2D eigenvalue weighted by Crippen LogP contribution is -2.05. The van der Waals surface area contributed by atoms with Crippen LogP contribution in [-0.2, 0) is 14.6 Å². The van der Waals surface area contributed by atoms with Crippen LogP contribution in [0.25, 0.3) is 0 Å². The highest BCUT2D eigenvalue weighted by Gasteiger charge is 1.95.